The SMILES string of the molecule is C[C@@H]1CC[C@@H](c2nc3cc(C(F)(F)F)ccc3o2)CN1. The number of hydrogen-bond donors (Lipinski definition) is 1. The van der Waals surface area contributed by atoms with Crippen LogP contribution >= 0.6 is 0 Å². The number of benzene rings is 1. The molecule has 1 N–H and O–H groups in total. The molecule has 20 heavy (non-hydrogen) atoms. The maximum Gasteiger partial charge on any atom is 0.416 e. The Kier molecular flexibility index (Phi) is 3.20. The Labute approximate surface area is 114 Å². The number of piperidine rings is 1. The molecule has 3 nitrogen and oxygen atoms in total. The first-order valence-corrected chi connectivity index (χ1v) is 6.64. The topological polar surface area (TPSA) is 38.1 Å². The fourth-order valence-electron chi connectivity index (χ4n) is 2.51. The molecule has 1 fully saturated rings. The summed E-state index contributed by atoms with van der Waals surface area (Å²) in [5.41, 5.74) is -0.0136. The Bertz CT molecular complexity index is 612. The second-order valence-electron chi connectivity index (χ2n) is 5.32. The Morgan fingerprint density at radius 1 is 1.30 bits per heavy atom. The van der Waals surface area contributed by atoms with E-state index in [1.807, 2.05) is 0 Å². The lowest BCUT2D eigenvalue weighted by Gasteiger charge is -2.25. The van der Waals surface area contributed by atoms with Crippen molar-refractivity contribution in [3.05, 3.63) is 29.7 Å². The number of hydrogen-bond acceptors (Lipinski definition) is 3. The van der Waals surface area contributed by atoms with Gasteiger partial charge in [-0.25, -0.2) is 4.98 Å². The van der Waals surface area contributed by atoms with Crippen LogP contribution in [0.3, 0.4) is 0 Å². The molecule has 6 heteroatoms. The smallest absolute Gasteiger partial charge is 0.416 e. The third-order valence-corrected chi connectivity index (χ3v) is 3.74. The van der Waals surface area contributed by atoms with Crippen LogP contribution in [0.1, 0.15) is 37.1 Å². The number of rotatable bonds is 1. The first-order valence-electron chi connectivity index (χ1n) is 6.64. The summed E-state index contributed by atoms with van der Waals surface area (Å²) in [5, 5.41) is 3.33. The van der Waals surface area contributed by atoms with Gasteiger partial charge in [0.05, 0.1) is 5.56 Å². The molecule has 0 bridgehead atoms. The highest BCUT2D eigenvalue weighted by Gasteiger charge is 2.31. The van der Waals surface area contributed by atoms with E-state index in [4.69, 9.17) is 4.42 Å². The molecule has 1 aromatic heterocycles. The van der Waals surface area contributed by atoms with E-state index in [2.05, 4.69) is 17.2 Å². The van der Waals surface area contributed by atoms with E-state index in [1.54, 1.807) is 0 Å². The molecule has 2 atom stereocenters. The quantitative estimate of drug-likeness (QED) is 0.867. The summed E-state index contributed by atoms with van der Waals surface area (Å²) in [6, 6.07) is 3.88. The summed E-state index contributed by atoms with van der Waals surface area (Å²) in [5.74, 6) is 0.659. The van der Waals surface area contributed by atoms with E-state index in [0.29, 0.717) is 17.5 Å². The van der Waals surface area contributed by atoms with Gasteiger partial charge in [0.2, 0.25) is 0 Å². The molecule has 0 amide bonds. The van der Waals surface area contributed by atoms with Gasteiger partial charge in [0.25, 0.3) is 0 Å². The van der Waals surface area contributed by atoms with Gasteiger partial charge in [-0.2, -0.15) is 13.2 Å². The Morgan fingerprint density at radius 3 is 2.75 bits per heavy atom. The molecule has 0 aliphatic carbocycles. The highest BCUT2D eigenvalue weighted by atomic mass is 19.4. The molecular formula is C14H15F3N2O. The molecule has 0 unspecified atom stereocenters. The van der Waals surface area contributed by atoms with Crippen LogP contribution in [0, 0.1) is 0 Å². The van der Waals surface area contributed by atoms with Crippen LogP contribution < -0.4 is 5.32 Å². The summed E-state index contributed by atoms with van der Waals surface area (Å²) >= 11 is 0. The first kappa shape index (κ1) is 13.4. The average Bonchev–Trinajstić information content (AvgIpc) is 2.81. The van der Waals surface area contributed by atoms with Crippen molar-refractivity contribution in [1.82, 2.24) is 10.3 Å². The van der Waals surface area contributed by atoms with E-state index < -0.39 is 11.7 Å². The van der Waals surface area contributed by atoms with Crippen molar-refractivity contribution in [1.29, 1.82) is 0 Å². The predicted molar refractivity (Wildman–Crippen MR) is 68.5 cm³/mol. The minimum Gasteiger partial charge on any atom is -0.440 e. The number of nitrogens with one attached hydrogen (secondary N) is 1. The van der Waals surface area contributed by atoms with Crippen LogP contribution in [0.5, 0.6) is 0 Å². The molecule has 3 rings (SSSR count). The Hall–Kier alpha value is -1.56. The van der Waals surface area contributed by atoms with E-state index >= 15 is 0 Å². The maximum absolute atomic E-state index is 12.7. The van der Waals surface area contributed by atoms with Crippen molar-refractivity contribution in [2.75, 3.05) is 6.54 Å². The van der Waals surface area contributed by atoms with E-state index in [-0.39, 0.29) is 11.4 Å². The minimum absolute atomic E-state index is 0.132. The summed E-state index contributed by atoms with van der Waals surface area (Å²) in [7, 11) is 0. The Morgan fingerprint density at radius 2 is 2.10 bits per heavy atom. The average molecular weight is 284 g/mol. The zero-order valence-corrected chi connectivity index (χ0v) is 11.0. The van der Waals surface area contributed by atoms with E-state index in [9.17, 15) is 13.2 Å². The van der Waals surface area contributed by atoms with Gasteiger partial charge >= 0.3 is 6.18 Å². The van der Waals surface area contributed by atoms with Gasteiger partial charge < -0.3 is 9.73 Å². The molecule has 1 aliphatic rings. The van der Waals surface area contributed by atoms with Crippen molar-refractivity contribution in [3.63, 3.8) is 0 Å². The third-order valence-electron chi connectivity index (χ3n) is 3.74. The number of aromatic nitrogens is 1. The Balaban J connectivity index is 1.91. The molecule has 1 aliphatic heterocycles. The van der Waals surface area contributed by atoms with Gasteiger partial charge in [0.1, 0.15) is 5.52 Å². The second-order valence-corrected chi connectivity index (χ2v) is 5.32. The number of fused-ring (bicyclic) bond motifs is 1. The minimum atomic E-state index is -4.35. The summed E-state index contributed by atoms with van der Waals surface area (Å²) in [4.78, 5) is 4.23. The molecule has 0 spiro atoms. The van der Waals surface area contributed by atoms with Gasteiger partial charge in [-0.1, -0.05) is 0 Å². The van der Waals surface area contributed by atoms with E-state index in [1.165, 1.54) is 6.07 Å². The molecule has 2 aromatic rings. The standard InChI is InChI=1S/C14H15F3N2O/c1-8-2-3-9(7-18-8)13-19-11-6-10(14(15,16)17)4-5-12(11)20-13/h4-6,8-9,18H,2-3,7H2,1H3/t8-,9-/m1/s1. The zero-order valence-electron chi connectivity index (χ0n) is 11.0. The van der Waals surface area contributed by atoms with E-state index in [0.717, 1.165) is 31.5 Å². The highest BCUT2D eigenvalue weighted by molar-refractivity contribution is 5.73. The molecule has 1 saturated heterocycles. The molecule has 108 valence electrons. The lowest BCUT2D eigenvalue weighted by Crippen LogP contribution is -2.35. The molecular weight excluding hydrogens is 269 g/mol. The number of nitrogens with zero attached hydrogens (tertiary/aromatic N) is 1. The van der Waals surface area contributed by atoms with Crippen LogP contribution in [0.15, 0.2) is 22.6 Å². The summed E-state index contributed by atoms with van der Waals surface area (Å²) in [6.07, 6.45) is -2.40. The predicted octanol–water partition coefficient (Wildman–Crippen LogP) is 3.70. The van der Waals surface area contributed by atoms with Crippen molar-refractivity contribution in [2.45, 2.75) is 37.9 Å². The first-order chi connectivity index (χ1) is 9.43. The normalized spacial score (nSPS) is 24.2. The van der Waals surface area contributed by atoms with Gasteiger partial charge in [-0.05, 0) is 38.0 Å². The van der Waals surface area contributed by atoms with Crippen molar-refractivity contribution in [3.8, 4) is 0 Å². The van der Waals surface area contributed by atoms with Gasteiger partial charge in [0, 0.05) is 18.5 Å². The molecule has 0 saturated carbocycles. The number of halogens is 3. The fourth-order valence-corrected chi connectivity index (χ4v) is 2.51. The second kappa shape index (κ2) is 4.77. The van der Waals surface area contributed by atoms with Crippen molar-refractivity contribution < 1.29 is 17.6 Å². The lowest BCUT2D eigenvalue weighted by molar-refractivity contribution is -0.137. The van der Waals surface area contributed by atoms with Crippen LogP contribution in [-0.2, 0) is 6.18 Å². The summed E-state index contributed by atoms with van der Waals surface area (Å²) < 4.78 is 43.5. The highest BCUT2D eigenvalue weighted by Crippen LogP contribution is 2.33. The monoisotopic (exact) mass is 284 g/mol. The van der Waals surface area contributed by atoms with Crippen LogP contribution in [-0.4, -0.2) is 17.6 Å². The van der Waals surface area contributed by atoms with Gasteiger partial charge in [0.15, 0.2) is 11.5 Å². The fraction of sp³-hybridized carbons (Fsp3) is 0.500. The molecule has 1 aromatic carbocycles. The van der Waals surface area contributed by atoms with Crippen LogP contribution in [0.25, 0.3) is 11.1 Å². The number of oxazole rings is 1. The number of alkyl halides is 3. The van der Waals surface area contributed by atoms with Gasteiger partial charge in [-0.3, -0.25) is 0 Å². The maximum atomic E-state index is 12.7. The third kappa shape index (κ3) is 2.52. The van der Waals surface area contributed by atoms with Crippen LogP contribution in [0.2, 0.25) is 0 Å². The molecule has 0 radical (unpaired) electrons. The van der Waals surface area contributed by atoms with Crippen molar-refractivity contribution in [2.24, 2.45) is 0 Å². The van der Waals surface area contributed by atoms with Gasteiger partial charge in [-0.15, -0.1) is 0 Å². The zero-order chi connectivity index (χ0) is 14.3. The molecule has 2 heterocycles. The lowest BCUT2D eigenvalue weighted by atomic mass is 9.95. The van der Waals surface area contributed by atoms with Crippen LogP contribution in [0.4, 0.5) is 13.2 Å². The largest absolute Gasteiger partial charge is 0.440 e. The summed E-state index contributed by atoms with van der Waals surface area (Å²) in [6.45, 7) is 2.86. The van der Waals surface area contributed by atoms with Crippen molar-refractivity contribution >= 4 is 11.1 Å².